The molecule has 47 heavy (non-hydrogen) atoms. The molecule has 0 rings (SSSR count). The van der Waals surface area contributed by atoms with Crippen LogP contribution in [0.15, 0.2) is 12.7 Å². The van der Waals surface area contributed by atoms with Crippen LogP contribution in [0.3, 0.4) is 0 Å². The van der Waals surface area contributed by atoms with E-state index in [2.05, 4.69) is 36.4 Å². The fourth-order valence-corrected chi connectivity index (χ4v) is 8.89. The third-order valence-corrected chi connectivity index (χ3v) is 12.4. The van der Waals surface area contributed by atoms with Crippen molar-refractivity contribution < 1.29 is 27.5 Å². The van der Waals surface area contributed by atoms with E-state index in [9.17, 15) is 18.0 Å². The van der Waals surface area contributed by atoms with Gasteiger partial charge in [-0.15, -0.1) is 6.58 Å². The molecule has 0 saturated carbocycles. The van der Waals surface area contributed by atoms with Gasteiger partial charge in [-0.05, 0) is 85.9 Å². The molecule has 2 amide bonds. The summed E-state index contributed by atoms with van der Waals surface area (Å²) in [6, 6.07) is 0.691. The standard InChI is InChI=1S/C31H62Cl3N5O6SSi/c1-10-18-37(19-14-22-38(21-13-16-35)28(41)45-30(5,6)31(32,33)34)20-15-24-39(46(42,43)25-26-47(7,8)9)23-12-11-17-36-27(40)44-29(2,3)4/h10H,1,11-26,35H2,2-9H3,(H,36,40). The van der Waals surface area contributed by atoms with Crippen molar-refractivity contribution in [1.82, 2.24) is 19.4 Å². The smallest absolute Gasteiger partial charge is 0.410 e. The fraction of sp³-hybridized carbons (Fsp3) is 0.871. The van der Waals surface area contributed by atoms with Gasteiger partial charge in [0.15, 0.2) is 5.60 Å². The number of alkyl halides is 3. The summed E-state index contributed by atoms with van der Waals surface area (Å²) in [6.07, 6.45) is 3.86. The first-order valence-electron chi connectivity index (χ1n) is 16.5. The van der Waals surface area contributed by atoms with Gasteiger partial charge in [0.1, 0.15) is 5.60 Å². The zero-order valence-electron chi connectivity index (χ0n) is 30.0. The number of rotatable bonds is 23. The van der Waals surface area contributed by atoms with Gasteiger partial charge >= 0.3 is 12.2 Å². The van der Waals surface area contributed by atoms with E-state index in [0.29, 0.717) is 97.1 Å². The summed E-state index contributed by atoms with van der Waals surface area (Å²) in [7, 11) is -5.01. The Balaban J connectivity index is 5.27. The molecule has 0 aromatic carbocycles. The number of carbonyl (C=O) groups is 2. The fourth-order valence-electron chi connectivity index (χ4n) is 4.22. The molecule has 0 aromatic heterocycles. The van der Waals surface area contributed by atoms with Crippen LogP contribution in [0, 0.1) is 0 Å². The van der Waals surface area contributed by atoms with Crippen molar-refractivity contribution in [2.24, 2.45) is 5.73 Å². The van der Waals surface area contributed by atoms with E-state index in [1.54, 1.807) is 43.8 Å². The first kappa shape index (κ1) is 46.2. The van der Waals surface area contributed by atoms with Crippen LogP contribution in [0.25, 0.3) is 0 Å². The number of hydrogen-bond acceptors (Lipinski definition) is 8. The second-order valence-electron chi connectivity index (χ2n) is 14.5. The Kier molecular flexibility index (Phi) is 21.1. The average Bonchev–Trinajstić information content (AvgIpc) is 2.90. The van der Waals surface area contributed by atoms with Crippen molar-refractivity contribution in [3.63, 3.8) is 0 Å². The van der Waals surface area contributed by atoms with Crippen molar-refractivity contribution in [3.8, 4) is 0 Å². The topological polar surface area (TPSA) is 135 Å². The minimum atomic E-state index is -3.44. The maximum Gasteiger partial charge on any atom is 0.410 e. The molecule has 0 saturated heterocycles. The summed E-state index contributed by atoms with van der Waals surface area (Å²) in [5.41, 5.74) is 3.78. The number of unbranched alkanes of at least 4 members (excludes halogenated alkanes) is 1. The highest BCUT2D eigenvalue weighted by Gasteiger charge is 2.44. The number of nitrogens with two attached hydrogens (primary N) is 1. The largest absolute Gasteiger partial charge is 0.444 e. The number of carbonyl (C=O) groups excluding carboxylic acids is 2. The molecule has 3 N–H and O–H groups in total. The van der Waals surface area contributed by atoms with Gasteiger partial charge in [-0.3, -0.25) is 4.90 Å². The Labute approximate surface area is 301 Å². The Bertz CT molecular complexity index is 1050. The van der Waals surface area contributed by atoms with Gasteiger partial charge in [-0.25, -0.2) is 22.3 Å². The molecule has 0 aliphatic heterocycles. The molecule has 16 heteroatoms. The molecule has 0 aromatic rings. The second-order valence-corrected chi connectivity index (χ2v) is 24.5. The highest BCUT2D eigenvalue weighted by atomic mass is 35.6. The van der Waals surface area contributed by atoms with Crippen molar-refractivity contribution in [2.45, 2.75) is 107 Å². The summed E-state index contributed by atoms with van der Waals surface area (Å²) in [5, 5.41) is 2.74. The number of amides is 2. The first-order valence-corrected chi connectivity index (χ1v) is 22.9. The van der Waals surface area contributed by atoms with Gasteiger partial charge in [0, 0.05) is 53.9 Å². The second kappa shape index (κ2) is 21.4. The van der Waals surface area contributed by atoms with Crippen molar-refractivity contribution >= 4 is 65.1 Å². The molecule has 0 bridgehead atoms. The van der Waals surface area contributed by atoms with Crippen LogP contribution < -0.4 is 11.1 Å². The van der Waals surface area contributed by atoms with E-state index in [-0.39, 0.29) is 5.75 Å². The van der Waals surface area contributed by atoms with Gasteiger partial charge in [0.2, 0.25) is 13.8 Å². The number of ether oxygens (including phenoxy) is 2. The zero-order valence-corrected chi connectivity index (χ0v) is 34.1. The molecule has 0 aliphatic rings. The van der Waals surface area contributed by atoms with Gasteiger partial charge in [0.25, 0.3) is 0 Å². The Morgan fingerprint density at radius 1 is 0.872 bits per heavy atom. The zero-order chi connectivity index (χ0) is 36.5. The third kappa shape index (κ3) is 21.8. The molecule has 0 fully saturated rings. The molecular formula is C31H62Cl3N5O6SSi. The van der Waals surface area contributed by atoms with Gasteiger partial charge in [0.05, 0.1) is 5.75 Å². The monoisotopic (exact) mass is 765 g/mol. The minimum absolute atomic E-state index is 0.138. The lowest BCUT2D eigenvalue weighted by Gasteiger charge is -2.34. The molecule has 0 aliphatic carbocycles. The highest BCUT2D eigenvalue weighted by Crippen LogP contribution is 2.40. The molecule has 11 nitrogen and oxygen atoms in total. The van der Waals surface area contributed by atoms with Crippen molar-refractivity contribution in [2.75, 3.05) is 64.7 Å². The van der Waals surface area contributed by atoms with Gasteiger partial charge < -0.3 is 25.4 Å². The molecular weight excluding hydrogens is 705 g/mol. The normalized spacial score (nSPS) is 13.1. The lowest BCUT2D eigenvalue weighted by molar-refractivity contribution is 0.0152. The van der Waals surface area contributed by atoms with Crippen LogP contribution in [-0.2, 0) is 19.5 Å². The summed E-state index contributed by atoms with van der Waals surface area (Å²) in [4.78, 5) is 28.7. The van der Waals surface area contributed by atoms with Crippen LogP contribution in [0.4, 0.5) is 9.59 Å². The third-order valence-electron chi connectivity index (χ3n) is 7.09. The van der Waals surface area contributed by atoms with E-state index < -0.39 is 45.3 Å². The molecule has 0 spiro atoms. The number of nitrogens with one attached hydrogen (secondary N) is 1. The van der Waals surface area contributed by atoms with Gasteiger partial charge in [-0.2, -0.15) is 0 Å². The number of nitrogens with zero attached hydrogens (tertiary/aromatic N) is 3. The van der Waals surface area contributed by atoms with E-state index in [1.165, 1.54) is 0 Å². The molecule has 0 atom stereocenters. The summed E-state index contributed by atoms with van der Waals surface area (Å²) in [5.74, 6) is 0.138. The van der Waals surface area contributed by atoms with Crippen LogP contribution in [0.2, 0.25) is 25.7 Å². The quantitative estimate of drug-likeness (QED) is 0.0524. The Morgan fingerprint density at radius 3 is 1.94 bits per heavy atom. The summed E-state index contributed by atoms with van der Waals surface area (Å²) < 4.78 is 37.4. The number of sulfonamides is 1. The number of alkyl carbamates (subject to hydrolysis) is 1. The van der Waals surface area contributed by atoms with Crippen LogP contribution >= 0.6 is 34.8 Å². The van der Waals surface area contributed by atoms with Crippen molar-refractivity contribution in [1.29, 1.82) is 0 Å². The summed E-state index contributed by atoms with van der Waals surface area (Å²) in [6.45, 7) is 23.2. The summed E-state index contributed by atoms with van der Waals surface area (Å²) >= 11 is 18.0. The molecule has 0 unspecified atom stereocenters. The average molecular weight is 767 g/mol. The SMILES string of the molecule is C=CCN(CCCN(CCCN)C(=O)OC(C)(C)C(Cl)(Cl)Cl)CCCN(CCCCNC(=O)OC(C)(C)C)S(=O)(=O)CC[Si](C)(C)C. The molecule has 0 radical (unpaired) electrons. The highest BCUT2D eigenvalue weighted by molar-refractivity contribution is 7.89. The minimum Gasteiger partial charge on any atom is -0.444 e. The van der Waals surface area contributed by atoms with E-state index >= 15 is 0 Å². The number of hydrogen-bond donors (Lipinski definition) is 2. The Morgan fingerprint density at radius 2 is 1.43 bits per heavy atom. The lowest BCUT2D eigenvalue weighted by atomic mass is 10.2. The van der Waals surface area contributed by atoms with E-state index in [1.807, 2.05) is 6.08 Å². The Hall–Kier alpha value is -0.803. The predicted octanol–water partition coefficient (Wildman–Crippen LogP) is 6.47. The van der Waals surface area contributed by atoms with E-state index in [0.717, 1.165) is 0 Å². The number of halogens is 3. The van der Waals surface area contributed by atoms with Crippen LogP contribution in [-0.4, -0.2) is 122 Å². The van der Waals surface area contributed by atoms with Crippen molar-refractivity contribution in [3.05, 3.63) is 12.7 Å². The first-order chi connectivity index (χ1) is 21.4. The van der Waals surface area contributed by atoms with Gasteiger partial charge in [-0.1, -0.05) is 60.5 Å². The predicted molar refractivity (Wildman–Crippen MR) is 199 cm³/mol. The lowest BCUT2D eigenvalue weighted by Crippen LogP contribution is -2.46. The maximum atomic E-state index is 13.4. The van der Waals surface area contributed by atoms with Crippen LogP contribution in [0.5, 0.6) is 0 Å². The molecule has 0 heterocycles. The maximum absolute atomic E-state index is 13.4. The van der Waals surface area contributed by atoms with Crippen LogP contribution in [0.1, 0.15) is 66.7 Å². The molecule has 278 valence electrons. The van der Waals surface area contributed by atoms with E-state index in [4.69, 9.17) is 50.0 Å².